The predicted octanol–water partition coefficient (Wildman–Crippen LogP) is 3.74. The van der Waals surface area contributed by atoms with Crippen LogP contribution in [0.1, 0.15) is 16.7 Å². The second kappa shape index (κ2) is 4.80. The molecule has 0 unspecified atom stereocenters. The van der Waals surface area contributed by atoms with Crippen molar-refractivity contribution in [2.24, 2.45) is 0 Å². The van der Waals surface area contributed by atoms with Gasteiger partial charge in [-0.2, -0.15) is 0 Å². The number of aryl methyl sites for hydroxylation is 3. The summed E-state index contributed by atoms with van der Waals surface area (Å²) in [4.78, 5) is 6.54. The van der Waals surface area contributed by atoms with Crippen molar-refractivity contribution < 1.29 is 0 Å². The number of nitrogens with two attached hydrogens (primary N) is 1. The van der Waals surface area contributed by atoms with E-state index in [2.05, 4.69) is 37.9 Å². The van der Waals surface area contributed by atoms with Crippen molar-refractivity contribution in [3.05, 3.63) is 47.2 Å². The van der Waals surface area contributed by atoms with Gasteiger partial charge in [-0.3, -0.25) is 0 Å². The first-order valence-corrected chi connectivity index (χ1v) is 6.35. The van der Waals surface area contributed by atoms with Gasteiger partial charge >= 0.3 is 0 Å². The SMILES string of the molecule is Cc1cc(C)c(Sc2ccc(N)nc2)c(C)c1. The van der Waals surface area contributed by atoms with E-state index >= 15 is 0 Å². The number of anilines is 1. The second-order valence-corrected chi connectivity index (χ2v) is 5.33. The Bertz CT molecular complexity index is 509. The molecule has 0 spiro atoms. The molecule has 3 heteroatoms. The Balaban J connectivity index is 2.33. The Morgan fingerprint density at radius 1 is 1.06 bits per heavy atom. The lowest BCUT2D eigenvalue weighted by atomic mass is 10.1. The van der Waals surface area contributed by atoms with Gasteiger partial charge in [-0.25, -0.2) is 4.98 Å². The molecule has 2 aromatic rings. The van der Waals surface area contributed by atoms with Crippen LogP contribution < -0.4 is 5.73 Å². The molecule has 0 atom stereocenters. The first-order chi connectivity index (χ1) is 8.06. The van der Waals surface area contributed by atoms with Crippen LogP contribution in [0.2, 0.25) is 0 Å². The minimum absolute atomic E-state index is 0.562. The van der Waals surface area contributed by atoms with E-state index in [0.29, 0.717) is 5.82 Å². The highest BCUT2D eigenvalue weighted by Gasteiger charge is 2.06. The maximum Gasteiger partial charge on any atom is 0.123 e. The van der Waals surface area contributed by atoms with Crippen LogP contribution in [0.5, 0.6) is 0 Å². The number of nitrogens with zero attached hydrogens (tertiary/aromatic N) is 1. The first kappa shape index (κ1) is 12.0. The summed E-state index contributed by atoms with van der Waals surface area (Å²) in [6, 6.07) is 8.26. The summed E-state index contributed by atoms with van der Waals surface area (Å²) in [5.41, 5.74) is 9.50. The summed E-state index contributed by atoms with van der Waals surface area (Å²) in [6.07, 6.45) is 1.82. The summed E-state index contributed by atoms with van der Waals surface area (Å²) in [5, 5.41) is 0. The lowest BCUT2D eigenvalue weighted by molar-refractivity contribution is 1.18. The van der Waals surface area contributed by atoms with Gasteiger partial charge in [-0.15, -0.1) is 0 Å². The molecule has 2 rings (SSSR count). The van der Waals surface area contributed by atoms with E-state index in [1.165, 1.54) is 21.6 Å². The number of benzene rings is 1. The molecule has 1 aromatic carbocycles. The van der Waals surface area contributed by atoms with E-state index in [1.54, 1.807) is 11.8 Å². The van der Waals surface area contributed by atoms with Crippen LogP contribution in [0.25, 0.3) is 0 Å². The number of hydrogen-bond donors (Lipinski definition) is 1. The normalized spacial score (nSPS) is 10.5. The lowest BCUT2D eigenvalue weighted by Gasteiger charge is -2.10. The van der Waals surface area contributed by atoms with E-state index in [1.807, 2.05) is 18.3 Å². The summed E-state index contributed by atoms with van der Waals surface area (Å²) in [7, 11) is 0. The standard InChI is InChI=1S/C14H16N2S/c1-9-6-10(2)14(11(3)7-9)17-12-4-5-13(15)16-8-12/h4-8H,1-3H3,(H2,15,16). The minimum atomic E-state index is 0.562. The van der Waals surface area contributed by atoms with Crippen LogP contribution in [0.4, 0.5) is 5.82 Å². The van der Waals surface area contributed by atoms with Crippen molar-refractivity contribution in [1.82, 2.24) is 4.98 Å². The van der Waals surface area contributed by atoms with Gasteiger partial charge in [0.1, 0.15) is 5.82 Å². The van der Waals surface area contributed by atoms with Crippen molar-refractivity contribution in [2.75, 3.05) is 5.73 Å². The third kappa shape index (κ3) is 2.80. The molecule has 1 aromatic heterocycles. The van der Waals surface area contributed by atoms with Crippen molar-refractivity contribution in [3.8, 4) is 0 Å². The number of hydrogen-bond acceptors (Lipinski definition) is 3. The Kier molecular flexibility index (Phi) is 3.38. The molecule has 0 aliphatic carbocycles. The Morgan fingerprint density at radius 2 is 1.71 bits per heavy atom. The van der Waals surface area contributed by atoms with Crippen LogP contribution in [0.3, 0.4) is 0 Å². The topological polar surface area (TPSA) is 38.9 Å². The number of pyridine rings is 1. The van der Waals surface area contributed by atoms with Crippen LogP contribution in [0.15, 0.2) is 40.3 Å². The third-order valence-corrected chi connectivity index (χ3v) is 3.91. The van der Waals surface area contributed by atoms with E-state index in [9.17, 15) is 0 Å². The predicted molar refractivity (Wildman–Crippen MR) is 73.4 cm³/mol. The average Bonchev–Trinajstić information content (AvgIpc) is 2.26. The smallest absolute Gasteiger partial charge is 0.123 e. The minimum Gasteiger partial charge on any atom is -0.384 e. The average molecular weight is 244 g/mol. The summed E-state index contributed by atoms with van der Waals surface area (Å²) in [6.45, 7) is 6.42. The molecule has 0 amide bonds. The molecule has 2 N–H and O–H groups in total. The summed E-state index contributed by atoms with van der Waals surface area (Å²) < 4.78 is 0. The highest BCUT2D eigenvalue weighted by molar-refractivity contribution is 7.99. The van der Waals surface area contributed by atoms with Crippen molar-refractivity contribution in [3.63, 3.8) is 0 Å². The maximum absolute atomic E-state index is 5.58. The molecule has 0 fully saturated rings. The van der Waals surface area contributed by atoms with Gasteiger partial charge in [0, 0.05) is 16.0 Å². The highest BCUT2D eigenvalue weighted by atomic mass is 32.2. The lowest BCUT2D eigenvalue weighted by Crippen LogP contribution is -1.90. The monoisotopic (exact) mass is 244 g/mol. The van der Waals surface area contributed by atoms with Gasteiger partial charge in [0.15, 0.2) is 0 Å². The largest absolute Gasteiger partial charge is 0.384 e. The van der Waals surface area contributed by atoms with Crippen molar-refractivity contribution >= 4 is 17.6 Å². The molecule has 0 bridgehead atoms. The first-order valence-electron chi connectivity index (χ1n) is 5.53. The van der Waals surface area contributed by atoms with E-state index in [-0.39, 0.29) is 0 Å². The zero-order valence-corrected chi connectivity index (χ0v) is 11.1. The van der Waals surface area contributed by atoms with Crippen LogP contribution >= 0.6 is 11.8 Å². The highest BCUT2D eigenvalue weighted by Crippen LogP contribution is 2.33. The fourth-order valence-corrected chi connectivity index (χ4v) is 2.81. The Labute approximate surface area is 106 Å². The van der Waals surface area contributed by atoms with Crippen molar-refractivity contribution in [1.29, 1.82) is 0 Å². The van der Waals surface area contributed by atoms with E-state index in [4.69, 9.17) is 5.73 Å². The number of rotatable bonds is 2. The number of nitrogen functional groups attached to an aromatic ring is 1. The summed E-state index contributed by atoms with van der Waals surface area (Å²) >= 11 is 1.74. The molecule has 1 heterocycles. The molecule has 17 heavy (non-hydrogen) atoms. The summed E-state index contributed by atoms with van der Waals surface area (Å²) in [5.74, 6) is 0.562. The molecule has 2 nitrogen and oxygen atoms in total. The van der Waals surface area contributed by atoms with Crippen LogP contribution in [-0.2, 0) is 0 Å². The molecule has 0 aliphatic heterocycles. The fraction of sp³-hybridized carbons (Fsp3) is 0.214. The van der Waals surface area contributed by atoms with Crippen LogP contribution in [0, 0.1) is 20.8 Å². The molecular weight excluding hydrogens is 228 g/mol. The van der Waals surface area contributed by atoms with Gasteiger partial charge in [0.2, 0.25) is 0 Å². The molecule has 88 valence electrons. The van der Waals surface area contributed by atoms with Gasteiger partial charge in [-0.1, -0.05) is 29.5 Å². The second-order valence-electron chi connectivity index (χ2n) is 4.25. The quantitative estimate of drug-likeness (QED) is 0.874. The van der Waals surface area contributed by atoms with E-state index < -0.39 is 0 Å². The molecule has 0 aliphatic rings. The zero-order valence-electron chi connectivity index (χ0n) is 10.3. The Hall–Kier alpha value is -1.48. The van der Waals surface area contributed by atoms with E-state index in [0.717, 1.165) is 4.90 Å². The van der Waals surface area contributed by atoms with Crippen molar-refractivity contribution in [2.45, 2.75) is 30.6 Å². The van der Waals surface area contributed by atoms with Gasteiger partial charge < -0.3 is 5.73 Å². The fourth-order valence-electron chi connectivity index (χ4n) is 1.90. The Morgan fingerprint density at radius 3 is 2.24 bits per heavy atom. The van der Waals surface area contributed by atoms with Gasteiger partial charge in [0.25, 0.3) is 0 Å². The van der Waals surface area contributed by atoms with Gasteiger partial charge in [-0.05, 0) is 44.0 Å². The molecule has 0 saturated heterocycles. The number of aromatic nitrogens is 1. The van der Waals surface area contributed by atoms with Crippen LogP contribution in [-0.4, -0.2) is 4.98 Å². The molecule has 0 radical (unpaired) electrons. The molecular formula is C14H16N2S. The van der Waals surface area contributed by atoms with Gasteiger partial charge in [0.05, 0.1) is 0 Å². The maximum atomic E-state index is 5.58. The zero-order chi connectivity index (χ0) is 12.4. The molecule has 0 saturated carbocycles. The third-order valence-electron chi connectivity index (χ3n) is 2.58.